The van der Waals surface area contributed by atoms with E-state index < -0.39 is 12.1 Å². The molecule has 0 spiro atoms. The first-order valence-corrected chi connectivity index (χ1v) is 12.9. The molecule has 0 bridgehead atoms. The fraction of sp³-hybridized carbons (Fsp3) is 0.409. The number of benzene rings is 1. The van der Waals surface area contributed by atoms with Crippen molar-refractivity contribution in [2.45, 2.75) is 42.4 Å². The predicted molar refractivity (Wildman–Crippen MR) is 132 cm³/mol. The van der Waals surface area contributed by atoms with Crippen LogP contribution < -0.4 is 20.3 Å². The SMILES string of the molecule is C[C@H](NC(=O)O)C(=O)N1CCCC(Cn2cnc(=N)c3[nH]c(Sc4cc5c(cc4Br)OCO5)nc32)C1. The number of halogens is 1. The molecule has 4 heterocycles. The fourth-order valence-electron chi connectivity index (χ4n) is 4.44. The van der Waals surface area contributed by atoms with Gasteiger partial charge in [0, 0.05) is 29.0 Å². The third-order valence-electron chi connectivity index (χ3n) is 6.13. The standard InChI is InChI=1S/C22H24BrN7O5S/c1-11(26-22(32)33)20(31)29-4-2-3-12(7-29)8-30-9-25-18(24)17-19(30)28-21(27-17)36-16-6-15-14(5-13(16)23)34-10-35-15/h5-6,9,11-12,24,26H,2-4,7-8,10H2,1H3,(H,27,28)(H,32,33)/t11-,12?/m0/s1. The first-order chi connectivity index (χ1) is 17.3. The number of H-pyrrole nitrogens is 1. The monoisotopic (exact) mass is 577 g/mol. The molecule has 2 aromatic heterocycles. The molecule has 2 amide bonds. The van der Waals surface area contributed by atoms with E-state index in [0.29, 0.717) is 47.5 Å². The average Bonchev–Trinajstić information content (AvgIpc) is 3.48. The third-order valence-corrected chi connectivity index (χ3v) is 7.99. The predicted octanol–water partition coefficient (Wildman–Crippen LogP) is 2.78. The lowest BCUT2D eigenvalue weighted by molar-refractivity contribution is -0.134. The Labute approximate surface area is 218 Å². The minimum Gasteiger partial charge on any atom is -0.465 e. The molecule has 4 N–H and O–H groups in total. The van der Waals surface area contributed by atoms with Gasteiger partial charge in [-0.3, -0.25) is 10.2 Å². The Balaban J connectivity index is 1.35. The van der Waals surface area contributed by atoms with Crippen molar-refractivity contribution in [3.63, 3.8) is 0 Å². The Morgan fingerprint density at radius 1 is 1.39 bits per heavy atom. The van der Waals surface area contributed by atoms with E-state index in [4.69, 9.17) is 25.0 Å². The van der Waals surface area contributed by atoms with E-state index in [9.17, 15) is 9.59 Å². The van der Waals surface area contributed by atoms with E-state index in [1.165, 1.54) is 11.8 Å². The summed E-state index contributed by atoms with van der Waals surface area (Å²) in [5, 5.41) is 20.0. The number of amides is 2. The summed E-state index contributed by atoms with van der Waals surface area (Å²) in [6.07, 6.45) is 2.12. The molecule has 1 unspecified atom stereocenters. The number of hydrogen-bond acceptors (Lipinski definition) is 8. The molecule has 5 rings (SSSR count). The Kier molecular flexibility index (Phi) is 6.79. The lowest BCUT2D eigenvalue weighted by Crippen LogP contribution is -2.50. The van der Waals surface area contributed by atoms with Crippen LogP contribution in [0.2, 0.25) is 0 Å². The Morgan fingerprint density at radius 2 is 2.17 bits per heavy atom. The molecule has 14 heteroatoms. The number of rotatable bonds is 6. The number of hydrogen-bond donors (Lipinski definition) is 4. The van der Waals surface area contributed by atoms with E-state index in [0.717, 1.165) is 22.2 Å². The molecule has 0 radical (unpaired) electrons. The van der Waals surface area contributed by atoms with Crippen LogP contribution in [0.15, 0.2) is 33.0 Å². The van der Waals surface area contributed by atoms with Gasteiger partial charge in [-0.1, -0.05) is 11.8 Å². The van der Waals surface area contributed by atoms with Gasteiger partial charge in [0.05, 0.1) is 6.33 Å². The highest BCUT2D eigenvalue weighted by molar-refractivity contribution is 9.10. The van der Waals surface area contributed by atoms with Crippen molar-refractivity contribution in [3.8, 4) is 11.5 Å². The third kappa shape index (κ3) is 5.00. The lowest BCUT2D eigenvalue weighted by atomic mass is 9.97. The minimum atomic E-state index is -1.22. The summed E-state index contributed by atoms with van der Waals surface area (Å²) in [7, 11) is 0. The van der Waals surface area contributed by atoms with E-state index in [1.54, 1.807) is 18.2 Å². The summed E-state index contributed by atoms with van der Waals surface area (Å²) in [5.41, 5.74) is 1.23. The van der Waals surface area contributed by atoms with E-state index in [2.05, 4.69) is 31.2 Å². The summed E-state index contributed by atoms with van der Waals surface area (Å²) >= 11 is 4.96. The van der Waals surface area contributed by atoms with Crippen molar-refractivity contribution < 1.29 is 24.2 Å². The van der Waals surface area contributed by atoms with Crippen molar-refractivity contribution in [3.05, 3.63) is 28.4 Å². The Hall–Kier alpha value is -3.26. The van der Waals surface area contributed by atoms with Gasteiger partial charge in [-0.2, -0.15) is 0 Å². The number of carboxylic acid groups (broad SMARTS) is 1. The van der Waals surface area contributed by atoms with Gasteiger partial charge in [-0.05, 0) is 53.7 Å². The second-order valence-corrected chi connectivity index (χ2v) is 10.6. The topological polar surface area (TPSA) is 158 Å². The summed E-state index contributed by atoms with van der Waals surface area (Å²) in [5.74, 6) is 1.25. The second kappa shape index (κ2) is 10.0. The molecule has 2 aliphatic heterocycles. The quantitative estimate of drug-likeness (QED) is 0.348. The highest BCUT2D eigenvalue weighted by atomic mass is 79.9. The molecular weight excluding hydrogens is 554 g/mol. The van der Waals surface area contributed by atoms with Crippen molar-refractivity contribution in [2.24, 2.45) is 5.92 Å². The molecule has 3 aromatic rings. The maximum Gasteiger partial charge on any atom is 0.405 e. The maximum absolute atomic E-state index is 12.7. The lowest BCUT2D eigenvalue weighted by Gasteiger charge is -2.34. The highest BCUT2D eigenvalue weighted by Gasteiger charge is 2.28. The van der Waals surface area contributed by atoms with Crippen LogP contribution in [0, 0.1) is 11.3 Å². The molecule has 0 saturated carbocycles. The van der Waals surface area contributed by atoms with Gasteiger partial charge in [0.25, 0.3) is 0 Å². The number of aromatic nitrogens is 4. The minimum absolute atomic E-state index is 0.0966. The Morgan fingerprint density at radius 3 is 2.94 bits per heavy atom. The number of nitrogens with one attached hydrogen (secondary N) is 3. The van der Waals surface area contributed by atoms with Crippen molar-refractivity contribution in [2.75, 3.05) is 19.9 Å². The van der Waals surface area contributed by atoms with Gasteiger partial charge in [0.1, 0.15) is 11.6 Å². The Bertz CT molecular complexity index is 1390. The van der Waals surface area contributed by atoms with Crippen LogP contribution in [0.1, 0.15) is 19.8 Å². The van der Waals surface area contributed by atoms with Gasteiger partial charge in [0.15, 0.2) is 27.8 Å². The molecule has 190 valence electrons. The zero-order chi connectivity index (χ0) is 25.4. The number of nitrogens with zero attached hydrogens (tertiary/aromatic N) is 4. The molecule has 12 nitrogen and oxygen atoms in total. The average molecular weight is 578 g/mol. The zero-order valence-electron chi connectivity index (χ0n) is 19.3. The first kappa shape index (κ1) is 24.4. The first-order valence-electron chi connectivity index (χ1n) is 11.3. The van der Waals surface area contributed by atoms with Crippen LogP contribution >= 0.6 is 27.7 Å². The van der Waals surface area contributed by atoms with Crippen molar-refractivity contribution >= 4 is 50.9 Å². The summed E-state index contributed by atoms with van der Waals surface area (Å²) in [6.45, 7) is 3.41. The molecular formula is C22H24BrN7O5S. The van der Waals surface area contributed by atoms with Gasteiger partial charge >= 0.3 is 6.09 Å². The second-order valence-electron chi connectivity index (χ2n) is 8.69. The number of aromatic amines is 1. The van der Waals surface area contributed by atoms with E-state index >= 15 is 0 Å². The normalized spacial score (nSPS) is 17.8. The molecule has 1 fully saturated rings. The molecule has 1 aromatic carbocycles. The highest BCUT2D eigenvalue weighted by Crippen LogP contribution is 2.42. The molecule has 2 aliphatic rings. The summed E-state index contributed by atoms with van der Waals surface area (Å²) in [6, 6.07) is 2.94. The molecule has 0 aliphatic carbocycles. The van der Waals surface area contributed by atoms with E-state index in [1.807, 2.05) is 16.7 Å². The van der Waals surface area contributed by atoms with Crippen LogP contribution in [0.4, 0.5) is 4.79 Å². The molecule has 2 atom stereocenters. The number of ether oxygens (including phenoxy) is 2. The van der Waals surface area contributed by atoms with Gasteiger partial charge in [-0.15, -0.1) is 0 Å². The zero-order valence-corrected chi connectivity index (χ0v) is 21.7. The number of likely N-dealkylation sites (tertiary alicyclic amines) is 1. The number of imidazole rings is 1. The largest absolute Gasteiger partial charge is 0.465 e. The fourth-order valence-corrected chi connectivity index (χ4v) is 5.82. The van der Waals surface area contributed by atoms with Crippen molar-refractivity contribution in [1.29, 1.82) is 5.41 Å². The summed E-state index contributed by atoms with van der Waals surface area (Å²) in [4.78, 5) is 38.4. The van der Waals surface area contributed by atoms with Gasteiger partial charge in [0.2, 0.25) is 12.7 Å². The van der Waals surface area contributed by atoms with Gasteiger partial charge < -0.3 is 34.3 Å². The van der Waals surface area contributed by atoms with Crippen LogP contribution in [0.3, 0.4) is 0 Å². The number of fused-ring (bicyclic) bond motifs is 2. The van der Waals surface area contributed by atoms with Crippen LogP contribution in [-0.2, 0) is 11.3 Å². The summed E-state index contributed by atoms with van der Waals surface area (Å²) < 4.78 is 13.6. The van der Waals surface area contributed by atoms with Crippen LogP contribution in [0.5, 0.6) is 11.5 Å². The van der Waals surface area contributed by atoms with Gasteiger partial charge in [-0.25, -0.2) is 14.8 Å². The number of carbonyl (C=O) groups excluding carboxylic acids is 1. The number of carbonyl (C=O) groups is 2. The van der Waals surface area contributed by atoms with E-state index in [-0.39, 0.29) is 24.1 Å². The van der Waals surface area contributed by atoms with Crippen molar-refractivity contribution in [1.82, 2.24) is 29.7 Å². The maximum atomic E-state index is 12.7. The molecule has 1 saturated heterocycles. The number of piperidine rings is 1. The van der Waals surface area contributed by atoms with Crippen LogP contribution in [0.25, 0.3) is 11.2 Å². The molecule has 36 heavy (non-hydrogen) atoms. The smallest absolute Gasteiger partial charge is 0.405 e. The van der Waals surface area contributed by atoms with Crippen LogP contribution in [-0.4, -0.2) is 67.5 Å².